The Bertz CT molecular complexity index is 738. The number of hydrogen-bond donors (Lipinski definition) is 0. The fraction of sp³-hybridized carbons (Fsp3) is 0.118. The van der Waals surface area contributed by atoms with Crippen LogP contribution in [-0.4, -0.2) is 17.8 Å². The largest absolute Gasteiger partial charge is 0.271 e. The number of hydrazone groups is 1. The van der Waals surface area contributed by atoms with Crippen LogP contribution < -0.4 is 5.01 Å². The van der Waals surface area contributed by atoms with E-state index in [-0.39, 0.29) is 5.91 Å². The number of benzene rings is 2. The van der Waals surface area contributed by atoms with Crippen LogP contribution in [0, 0.1) is 5.92 Å². The zero-order chi connectivity index (χ0) is 15.5. The van der Waals surface area contributed by atoms with Crippen molar-refractivity contribution in [3.8, 4) is 0 Å². The standard InChI is InChI=1S/C17H14ClN3O/c1-12-16(11-19-14-9-7-13(18)8-10-14)17(22)21(20-12)15-5-3-2-4-6-15/h2-11,16H,1H3/t16-/m0/s1. The predicted molar refractivity (Wildman–Crippen MR) is 90.1 cm³/mol. The van der Waals surface area contributed by atoms with E-state index in [2.05, 4.69) is 10.1 Å². The number of nitrogens with zero attached hydrogens (tertiary/aromatic N) is 3. The van der Waals surface area contributed by atoms with Crippen molar-refractivity contribution in [1.29, 1.82) is 0 Å². The molecule has 0 spiro atoms. The highest BCUT2D eigenvalue weighted by Crippen LogP contribution is 2.23. The van der Waals surface area contributed by atoms with Crippen molar-refractivity contribution in [2.24, 2.45) is 16.0 Å². The van der Waals surface area contributed by atoms with Crippen molar-refractivity contribution in [3.63, 3.8) is 0 Å². The maximum atomic E-state index is 12.5. The van der Waals surface area contributed by atoms with E-state index in [0.29, 0.717) is 5.02 Å². The van der Waals surface area contributed by atoms with E-state index in [9.17, 15) is 4.79 Å². The molecule has 1 aliphatic rings. The fourth-order valence-corrected chi connectivity index (χ4v) is 2.32. The van der Waals surface area contributed by atoms with E-state index in [1.807, 2.05) is 37.3 Å². The molecule has 0 aliphatic carbocycles. The molecule has 0 N–H and O–H groups in total. The van der Waals surface area contributed by atoms with Gasteiger partial charge in [-0.15, -0.1) is 0 Å². The van der Waals surface area contributed by atoms with E-state index in [1.54, 1.807) is 30.5 Å². The molecular weight excluding hydrogens is 298 g/mol. The summed E-state index contributed by atoms with van der Waals surface area (Å²) in [5.74, 6) is -0.530. The third-order valence-electron chi connectivity index (χ3n) is 3.38. The molecule has 0 radical (unpaired) electrons. The monoisotopic (exact) mass is 311 g/mol. The van der Waals surface area contributed by atoms with Gasteiger partial charge < -0.3 is 0 Å². The quantitative estimate of drug-likeness (QED) is 0.788. The van der Waals surface area contributed by atoms with Gasteiger partial charge in [-0.2, -0.15) is 10.1 Å². The summed E-state index contributed by atoms with van der Waals surface area (Å²) in [6.07, 6.45) is 1.63. The smallest absolute Gasteiger partial charge is 0.261 e. The Morgan fingerprint density at radius 3 is 2.50 bits per heavy atom. The van der Waals surface area contributed by atoms with Gasteiger partial charge in [0.2, 0.25) is 0 Å². The van der Waals surface area contributed by atoms with Crippen LogP contribution in [0.5, 0.6) is 0 Å². The molecule has 4 nitrogen and oxygen atoms in total. The number of rotatable bonds is 3. The zero-order valence-corrected chi connectivity index (χ0v) is 12.7. The number of hydrogen-bond acceptors (Lipinski definition) is 3. The lowest BCUT2D eigenvalue weighted by Gasteiger charge is -2.12. The SMILES string of the molecule is CC1=NN(c2ccccc2)C(=O)[C@H]1C=Nc1ccc(Cl)cc1. The minimum atomic E-state index is -0.434. The predicted octanol–water partition coefficient (Wildman–Crippen LogP) is 4.08. The summed E-state index contributed by atoms with van der Waals surface area (Å²) in [5, 5.41) is 6.42. The van der Waals surface area contributed by atoms with Crippen molar-refractivity contribution in [2.75, 3.05) is 5.01 Å². The molecule has 0 saturated carbocycles. The first-order chi connectivity index (χ1) is 10.6. The number of halogens is 1. The average molecular weight is 312 g/mol. The Morgan fingerprint density at radius 1 is 1.14 bits per heavy atom. The van der Waals surface area contributed by atoms with Crippen LogP contribution >= 0.6 is 11.6 Å². The van der Waals surface area contributed by atoms with Crippen molar-refractivity contribution >= 4 is 40.8 Å². The van der Waals surface area contributed by atoms with Crippen molar-refractivity contribution < 1.29 is 4.79 Å². The van der Waals surface area contributed by atoms with Gasteiger partial charge in [0.05, 0.1) is 17.1 Å². The summed E-state index contributed by atoms with van der Waals surface area (Å²) in [5.41, 5.74) is 2.24. The van der Waals surface area contributed by atoms with Crippen LogP contribution in [0.4, 0.5) is 11.4 Å². The molecule has 1 heterocycles. The van der Waals surface area contributed by atoms with Gasteiger partial charge in [-0.25, -0.2) is 0 Å². The molecule has 5 heteroatoms. The average Bonchev–Trinajstić information content (AvgIpc) is 2.82. The van der Waals surface area contributed by atoms with E-state index in [1.165, 1.54) is 5.01 Å². The lowest BCUT2D eigenvalue weighted by molar-refractivity contribution is -0.118. The Kier molecular flexibility index (Phi) is 4.02. The molecule has 1 amide bonds. The molecule has 22 heavy (non-hydrogen) atoms. The van der Waals surface area contributed by atoms with Crippen LogP contribution in [0.25, 0.3) is 0 Å². The molecular formula is C17H14ClN3O. The van der Waals surface area contributed by atoms with E-state index in [4.69, 9.17) is 11.6 Å². The van der Waals surface area contributed by atoms with Crippen molar-refractivity contribution in [3.05, 3.63) is 59.6 Å². The molecule has 0 unspecified atom stereocenters. The summed E-state index contributed by atoms with van der Waals surface area (Å²) in [6, 6.07) is 16.5. The Hall–Kier alpha value is -2.46. The Morgan fingerprint density at radius 2 is 1.82 bits per heavy atom. The summed E-state index contributed by atoms with van der Waals surface area (Å²) in [7, 11) is 0. The molecule has 3 rings (SSSR count). The molecule has 0 saturated heterocycles. The maximum absolute atomic E-state index is 12.5. The van der Waals surface area contributed by atoms with E-state index in [0.717, 1.165) is 17.1 Å². The van der Waals surface area contributed by atoms with Gasteiger partial charge in [0.15, 0.2) is 0 Å². The summed E-state index contributed by atoms with van der Waals surface area (Å²) in [6.45, 7) is 1.83. The van der Waals surface area contributed by atoms with Crippen LogP contribution in [-0.2, 0) is 4.79 Å². The number of carbonyl (C=O) groups is 1. The number of aliphatic imine (C=N–C) groups is 1. The summed E-state index contributed by atoms with van der Waals surface area (Å²) in [4.78, 5) is 16.8. The lowest BCUT2D eigenvalue weighted by Crippen LogP contribution is -2.27. The summed E-state index contributed by atoms with van der Waals surface area (Å²) >= 11 is 5.84. The van der Waals surface area contributed by atoms with Crippen LogP contribution in [0.1, 0.15) is 6.92 Å². The van der Waals surface area contributed by atoms with Gasteiger partial charge in [0.25, 0.3) is 5.91 Å². The third kappa shape index (κ3) is 2.92. The van der Waals surface area contributed by atoms with Gasteiger partial charge in [-0.1, -0.05) is 29.8 Å². The minimum absolute atomic E-state index is 0.0959. The molecule has 2 aromatic rings. The topological polar surface area (TPSA) is 45.0 Å². The molecule has 0 fully saturated rings. The molecule has 1 atom stereocenters. The second-order valence-electron chi connectivity index (χ2n) is 4.96. The maximum Gasteiger partial charge on any atom is 0.261 e. The first-order valence-corrected chi connectivity index (χ1v) is 7.27. The van der Waals surface area contributed by atoms with E-state index >= 15 is 0 Å². The number of para-hydroxylation sites is 1. The van der Waals surface area contributed by atoms with Crippen molar-refractivity contribution in [2.45, 2.75) is 6.92 Å². The Labute approximate surface area is 133 Å². The second-order valence-corrected chi connectivity index (χ2v) is 5.40. The van der Waals surface area contributed by atoms with Gasteiger partial charge >= 0.3 is 0 Å². The Balaban J connectivity index is 1.80. The van der Waals surface area contributed by atoms with Gasteiger partial charge in [0.1, 0.15) is 5.92 Å². The van der Waals surface area contributed by atoms with Crippen LogP contribution in [0.3, 0.4) is 0 Å². The first kappa shape index (κ1) is 14.5. The van der Waals surface area contributed by atoms with Gasteiger partial charge in [-0.3, -0.25) is 9.79 Å². The number of anilines is 1. The van der Waals surface area contributed by atoms with Crippen molar-refractivity contribution in [1.82, 2.24) is 0 Å². The summed E-state index contributed by atoms with van der Waals surface area (Å²) < 4.78 is 0. The molecule has 110 valence electrons. The second kappa shape index (κ2) is 6.12. The highest BCUT2D eigenvalue weighted by molar-refractivity contribution is 6.30. The minimum Gasteiger partial charge on any atom is -0.271 e. The van der Waals surface area contributed by atoms with Crippen LogP contribution in [0.2, 0.25) is 5.02 Å². The molecule has 0 aromatic heterocycles. The van der Waals surface area contributed by atoms with E-state index < -0.39 is 5.92 Å². The van der Waals surface area contributed by atoms with Gasteiger partial charge in [-0.05, 0) is 43.3 Å². The number of carbonyl (C=O) groups excluding carboxylic acids is 1. The molecule has 0 bridgehead atoms. The highest BCUT2D eigenvalue weighted by atomic mass is 35.5. The third-order valence-corrected chi connectivity index (χ3v) is 3.63. The normalized spacial score (nSPS) is 18.1. The molecule has 1 aliphatic heterocycles. The first-order valence-electron chi connectivity index (χ1n) is 6.89. The number of amides is 1. The fourth-order valence-electron chi connectivity index (χ4n) is 2.19. The molecule has 2 aromatic carbocycles. The zero-order valence-electron chi connectivity index (χ0n) is 12.0. The van der Waals surface area contributed by atoms with Crippen LogP contribution in [0.15, 0.2) is 64.7 Å². The lowest BCUT2D eigenvalue weighted by atomic mass is 10.1. The van der Waals surface area contributed by atoms with Gasteiger partial charge in [0, 0.05) is 11.2 Å². The highest BCUT2D eigenvalue weighted by Gasteiger charge is 2.32.